The number of halogens is 1. The standard InChI is InChI=1S/C20H17FN4O2/c1-11-9-24(10-11)20(26)16-18(22)25-7-2-3-13(19(25)23-16)15-14(21)5-4-12-6-8-27-17(12)15/h2-8,11H,9-10,22H2,1H3. The molecule has 5 rings (SSSR count). The van der Waals surface area contributed by atoms with Gasteiger partial charge in [-0.05, 0) is 36.2 Å². The molecule has 1 aliphatic heterocycles. The Balaban J connectivity index is 1.72. The predicted molar refractivity (Wildman–Crippen MR) is 99.8 cm³/mol. The van der Waals surface area contributed by atoms with E-state index in [1.54, 1.807) is 39.8 Å². The number of likely N-dealkylation sites (tertiary alicyclic amines) is 1. The van der Waals surface area contributed by atoms with Gasteiger partial charge in [-0.15, -0.1) is 0 Å². The Morgan fingerprint density at radius 1 is 1.30 bits per heavy atom. The number of nitrogen functional groups attached to an aromatic ring is 1. The number of hydrogen-bond donors (Lipinski definition) is 1. The number of rotatable bonds is 2. The third-order valence-corrected chi connectivity index (χ3v) is 5.08. The number of nitrogens with two attached hydrogens (primary N) is 1. The maximum atomic E-state index is 14.7. The van der Waals surface area contributed by atoms with Crippen LogP contribution in [0.4, 0.5) is 10.2 Å². The molecule has 1 amide bonds. The lowest BCUT2D eigenvalue weighted by molar-refractivity contribution is 0.0526. The van der Waals surface area contributed by atoms with Crippen molar-refractivity contribution in [3.05, 3.63) is 54.3 Å². The molecule has 6 nitrogen and oxygen atoms in total. The Kier molecular flexibility index (Phi) is 3.28. The highest BCUT2D eigenvalue weighted by Crippen LogP contribution is 2.35. The summed E-state index contributed by atoms with van der Waals surface area (Å²) >= 11 is 0. The van der Waals surface area contributed by atoms with Crippen LogP contribution in [0, 0.1) is 11.7 Å². The van der Waals surface area contributed by atoms with Crippen molar-refractivity contribution in [2.45, 2.75) is 6.92 Å². The van der Waals surface area contributed by atoms with Gasteiger partial charge in [0.1, 0.15) is 22.9 Å². The number of furan rings is 1. The van der Waals surface area contributed by atoms with Crippen LogP contribution in [0.25, 0.3) is 27.7 Å². The molecule has 0 saturated carbocycles. The molecule has 136 valence electrons. The third-order valence-electron chi connectivity index (χ3n) is 5.08. The summed E-state index contributed by atoms with van der Waals surface area (Å²) in [6.45, 7) is 3.47. The van der Waals surface area contributed by atoms with Crippen molar-refractivity contribution in [3.8, 4) is 11.1 Å². The average molecular weight is 364 g/mol. The van der Waals surface area contributed by atoms with Crippen LogP contribution >= 0.6 is 0 Å². The van der Waals surface area contributed by atoms with Gasteiger partial charge in [0, 0.05) is 30.2 Å². The minimum atomic E-state index is -0.420. The molecule has 1 aliphatic rings. The number of imidazole rings is 1. The van der Waals surface area contributed by atoms with E-state index in [9.17, 15) is 9.18 Å². The molecular formula is C20H17FN4O2. The topological polar surface area (TPSA) is 76.8 Å². The summed E-state index contributed by atoms with van der Waals surface area (Å²) in [4.78, 5) is 18.9. The molecule has 1 fully saturated rings. The molecule has 0 atom stereocenters. The lowest BCUT2D eigenvalue weighted by Gasteiger charge is -2.36. The molecule has 2 N–H and O–H groups in total. The van der Waals surface area contributed by atoms with Crippen molar-refractivity contribution < 1.29 is 13.6 Å². The van der Waals surface area contributed by atoms with E-state index >= 15 is 0 Å². The number of pyridine rings is 1. The highest BCUT2D eigenvalue weighted by Gasteiger charge is 2.31. The number of nitrogens with zero attached hydrogens (tertiary/aromatic N) is 3. The quantitative estimate of drug-likeness (QED) is 0.590. The van der Waals surface area contributed by atoms with Crippen LogP contribution in [0.15, 0.2) is 47.2 Å². The van der Waals surface area contributed by atoms with Gasteiger partial charge in [-0.3, -0.25) is 9.20 Å². The van der Waals surface area contributed by atoms with E-state index in [0.29, 0.717) is 41.4 Å². The van der Waals surface area contributed by atoms with Crippen LogP contribution in [-0.4, -0.2) is 33.3 Å². The zero-order chi connectivity index (χ0) is 18.7. The van der Waals surface area contributed by atoms with Crippen LogP contribution in [0.5, 0.6) is 0 Å². The van der Waals surface area contributed by atoms with Crippen LogP contribution in [0.3, 0.4) is 0 Å². The summed E-state index contributed by atoms with van der Waals surface area (Å²) < 4.78 is 21.8. The van der Waals surface area contributed by atoms with Gasteiger partial charge in [-0.1, -0.05) is 6.92 Å². The molecular weight excluding hydrogens is 347 g/mol. The number of amides is 1. The summed E-state index contributed by atoms with van der Waals surface area (Å²) in [6.07, 6.45) is 3.24. The van der Waals surface area contributed by atoms with Gasteiger partial charge in [-0.25, -0.2) is 9.37 Å². The van der Waals surface area contributed by atoms with Gasteiger partial charge in [0.2, 0.25) is 0 Å². The first-order valence-electron chi connectivity index (χ1n) is 8.76. The summed E-state index contributed by atoms with van der Waals surface area (Å²) in [5.41, 5.74) is 8.10. The zero-order valence-corrected chi connectivity index (χ0v) is 14.6. The summed E-state index contributed by atoms with van der Waals surface area (Å²) in [5, 5.41) is 0.791. The molecule has 0 bridgehead atoms. The Labute approximate surface area is 154 Å². The van der Waals surface area contributed by atoms with Gasteiger partial charge in [0.25, 0.3) is 5.91 Å². The predicted octanol–water partition coefficient (Wildman–Crippen LogP) is 3.56. The third kappa shape index (κ3) is 2.24. The molecule has 0 unspecified atom stereocenters. The average Bonchev–Trinajstić information content (AvgIpc) is 3.23. The van der Waals surface area contributed by atoms with Crippen LogP contribution in [-0.2, 0) is 0 Å². The number of fused-ring (bicyclic) bond motifs is 2. The Hall–Kier alpha value is -3.35. The first-order chi connectivity index (χ1) is 13.0. The second-order valence-corrected chi connectivity index (χ2v) is 7.04. The van der Waals surface area contributed by atoms with E-state index in [2.05, 4.69) is 11.9 Å². The highest BCUT2D eigenvalue weighted by atomic mass is 19.1. The number of carbonyl (C=O) groups excluding carboxylic acids is 1. The summed E-state index contributed by atoms with van der Waals surface area (Å²) in [7, 11) is 0. The van der Waals surface area contributed by atoms with Crippen molar-refractivity contribution in [2.75, 3.05) is 18.8 Å². The van der Waals surface area contributed by atoms with E-state index in [-0.39, 0.29) is 17.4 Å². The van der Waals surface area contributed by atoms with Gasteiger partial charge < -0.3 is 15.1 Å². The summed E-state index contributed by atoms with van der Waals surface area (Å²) in [6, 6.07) is 8.34. The molecule has 3 aromatic heterocycles. The molecule has 4 aromatic rings. The van der Waals surface area contributed by atoms with E-state index in [1.807, 2.05) is 0 Å². The number of aromatic nitrogens is 2. The minimum absolute atomic E-state index is 0.196. The largest absolute Gasteiger partial charge is 0.464 e. The van der Waals surface area contributed by atoms with Crippen molar-refractivity contribution in [1.29, 1.82) is 0 Å². The van der Waals surface area contributed by atoms with Gasteiger partial charge in [-0.2, -0.15) is 0 Å². The number of benzene rings is 1. The van der Waals surface area contributed by atoms with Gasteiger partial charge >= 0.3 is 0 Å². The number of anilines is 1. The van der Waals surface area contributed by atoms with Crippen LogP contribution in [0.2, 0.25) is 0 Å². The van der Waals surface area contributed by atoms with Crippen LogP contribution in [0.1, 0.15) is 17.4 Å². The van der Waals surface area contributed by atoms with E-state index < -0.39 is 5.82 Å². The van der Waals surface area contributed by atoms with Crippen molar-refractivity contribution >= 4 is 28.3 Å². The number of hydrogen-bond acceptors (Lipinski definition) is 4. The van der Waals surface area contributed by atoms with Gasteiger partial charge in [0.05, 0.1) is 11.8 Å². The first kappa shape index (κ1) is 15.9. The SMILES string of the molecule is CC1CN(C(=O)c2nc3c(-c4c(F)ccc5ccoc45)cccn3c2N)C1. The zero-order valence-electron chi connectivity index (χ0n) is 14.6. The molecule has 0 aliphatic carbocycles. The smallest absolute Gasteiger partial charge is 0.276 e. The second kappa shape index (κ2) is 5.57. The van der Waals surface area contributed by atoms with Crippen molar-refractivity contribution in [2.24, 2.45) is 5.92 Å². The summed E-state index contributed by atoms with van der Waals surface area (Å²) in [5.74, 6) is 0.116. The maximum absolute atomic E-state index is 14.7. The Morgan fingerprint density at radius 2 is 2.11 bits per heavy atom. The number of carbonyl (C=O) groups is 1. The fourth-order valence-electron chi connectivity index (χ4n) is 3.71. The molecule has 7 heteroatoms. The van der Waals surface area contributed by atoms with E-state index in [0.717, 1.165) is 5.39 Å². The lowest BCUT2D eigenvalue weighted by Crippen LogP contribution is -2.48. The Morgan fingerprint density at radius 3 is 2.89 bits per heavy atom. The molecule has 1 aromatic carbocycles. The molecule has 0 spiro atoms. The van der Waals surface area contributed by atoms with E-state index in [1.165, 1.54) is 12.3 Å². The Bertz CT molecular complexity index is 1200. The molecule has 1 saturated heterocycles. The monoisotopic (exact) mass is 364 g/mol. The van der Waals surface area contributed by atoms with Crippen molar-refractivity contribution in [1.82, 2.24) is 14.3 Å². The lowest BCUT2D eigenvalue weighted by atomic mass is 10.0. The molecule has 27 heavy (non-hydrogen) atoms. The fourth-order valence-corrected chi connectivity index (χ4v) is 3.71. The van der Waals surface area contributed by atoms with Gasteiger partial charge in [0.15, 0.2) is 5.69 Å². The molecule has 0 radical (unpaired) electrons. The maximum Gasteiger partial charge on any atom is 0.276 e. The second-order valence-electron chi connectivity index (χ2n) is 7.04. The highest BCUT2D eigenvalue weighted by molar-refractivity contribution is 6.01. The van der Waals surface area contributed by atoms with Crippen molar-refractivity contribution in [3.63, 3.8) is 0 Å². The van der Waals surface area contributed by atoms with E-state index in [4.69, 9.17) is 10.2 Å². The fraction of sp³-hybridized carbons (Fsp3) is 0.200. The normalized spacial score (nSPS) is 14.8. The molecule has 4 heterocycles. The first-order valence-corrected chi connectivity index (χ1v) is 8.76. The minimum Gasteiger partial charge on any atom is -0.464 e. The van der Waals surface area contributed by atoms with Crippen LogP contribution < -0.4 is 5.73 Å².